The first-order chi connectivity index (χ1) is 24.0. The SMILES string of the molecule is C=CC(=C)C(=C\C(=C/C)OCC1CO1)/C=C(\C=C)Oc1ccc2ccc(OCC3CO3)c(-c3ccc4ccc(OCC5CO5)cc4c3)c2c1. The molecule has 0 aromatic heterocycles. The standard InChI is InChI=1S/C42H40O7/c1-5-27(4)31(17-33(6-2)43-21-37-23-45-37)18-34(7-3)49-36-14-11-29-12-15-41(48-26-39-25-47-39)42(40(29)20-36)30-9-8-28-10-13-35(19-32(28)16-30)44-22-38-24-46-38/h5-20,37-39H,1,3-4,21-26H2,2H3/b31-17-,33-6+,34-18+. The van der Waals surface area contributed by atoms with Gasteiger partial charge < -0.3 is 33.2 Å². The molecule has 3 unspecified atom stereocenters. The van der Waals surface area contributed by atoms with E-state index >= 15 is 0 Å². The van der Waals surface area contributed by atoms with Crippen molar-refractivity contribution in [2.75, 3.05) is 39.6 Å². The number of allylic oxidation sites excluding steroid dienone is 7. The van der Waals surface area contributed by atoms with Crippen molar-refractivity contribution in [3.05, 3.63) is 140 Å². The highest BCUT2D eigenvalue weighted by molar-refractivity contribution is 6.02. The van der Waals surface area contributed by atoms with Gasteiger partial charge in [-0.25, -0.2) is 0 Å². The van der Waals surface area contributed by atoms with Crippen molar-refractivity contribution in [1.29, 1.82) is 0 Å². The third-order valence-electron chi connectivity index (χ3n) is 8.49. The molecule has 0 amide bonds. The van der Waals surface area contributed by atoms with Gasteiger partial charge in [-0.2, -0.15) is 0 Å². The quantitative estimate of drug-likeness (QED) is 0.0640. The van der Waals surface area contributed by atoms with E-state index in [4.69, 9.17) is 33.2 Å². The van der Waals surface area contributed by atoms with Crippen LogP contribution in [-0.4, -0.2) is 58.0 Å². The lowest BCUT2D eigenvalue weighted by atomic mass is 9.95. The second-order valence-corrected chi connectivity index (χ2v) is 12.2. The highest BCUT2D eigenvalue weighted by Crippen LogP contribution is 2.41. The Bertz CT molecular complexity index is 1990. The predicted molar refractivity (Wildman–Crippen MR) is 193 cm³/mol. The second-order valence-electron chi connectivity index (χ2n) is 12.2. The highest BCUT2D eigenvalue weighted by atomic mass is 16.6. The van der Waals surface area contributed by atoms with Gasteiger partial charge in [0.05, 0.1) is 19.8 Å². The Morgan fingerprint density at radius 2 is 1.39 bits per heavy atom. The minimum atomic E-state index is 0.119. The summed E-state index contributed by atoms with van der Waals surface area (Å²) in [5.74, 6) is 3.50. The normalized spacial score (nSPS) is 20.1. The average Bonchev–Trinajstić information content (AvgIpc) is 3.97. The smallest absolute Gasteiger partial charge is 0.128 e. The average molecular weight is 657 g/mol. The highest BCUT2D eigenvalue weighted by Gasteiger charge is 2.25. The summed E-state index contributed by atoms with van der Waals surface area (Å²) >= 11 is 0. The zero-order valence-electron chi connectivity index (χ0n) is 27.7. The summed E-state index contributed by atoms with van der Waals surface area (Å²) in [6.45, 7) is 17.8. The molecule has 0 aliphatic carbocycles. The number of fused-ring (bicyclic) bond motifs is 2. The van der Waals surface area contributed by atoms with Crippen LogP contribution in [0, 0.1) is 0 Å². The fourth-order valence-electron chi connectivity index (χ4n) is 5.41. The van der Waals surface area contributed by atoms with Gasteiger partial charge in [0.1, 0.15) is 66.9 Å². The third kappa shape index (κ3) is 8.32. The van der Waals surface area contributed by atoms with Gasteiger partial charge in [-0.1, -0.05) is 56.1 Å². The molecule has 3 fully saturated rings. The number of ether oxygens (including phenoxy) is 7. The van der Waals surface area contributed by atoms with E-state index < -0.39 is 0 Å². The van der Waals surface area contributed by atoms with Gasteiger partial charge in [0.25, 0.3) is 0 Å². The lowest BCUT2D eigenvalue weighted by Gasteiger charge is -2.16. The topological polar surface area (TPSA) is 74.5 Å². The number of epoxide rings is 3. The summed E-state index contributed by atoms with van der Waals surface area (Å²) < 4.78 is 40.8. The van der Waals surface area contributed by atoms with Crippen LogP contribution < -0.4 is 14.2 Å². The van der Waals surface area contributed by atoms with Gasteiger partial charge in [0, 0.05) is 5.56 Å². The van der Waals surface area contributed by atoms with Gasteiger partial charge in [0.15, 0.2) is 0 Å². The summed E-state index contributed by atoms with van der Waals surface area (Å²) in [5, 5.41) is 4.24. The molecular formula is C42H40O7. The molecule has 49 heavy (non-hydrogen) atoms. The van der Waals surface area contributed by atoms with Crippen molar-refractivity contribution in [2.45, 2.75) is 25.2 Å². The Hall–Kier alpha value is -5.08. The molecule has 0 radical (unpaired) electrons. The van der Waals surface area contributed by atoms with Crippen molar-refractivity contribution in [2.24, 2.45) is 0 Å². The minimum Gasteiger partial charge on any atom is -0.491 e. The van der Waals surface area contributed by atoms with Crippen LogP contribution in [0.2, 0.25) is 0 Å². The van der Waals surface area contributed by atoms with Crippen molar-refractivity contribution < 1.29 is 33.2 Å². The Kier molecular flexibility index (Phi) is 9.66. The zero-order valence-corrected chi connectivity index (χ0v) is 27.7. The first-order valence-electron chi connectivity index (χ1n) is 16.6. The van der Waals surface area contributed by atoms with Crippen LogP contribution in [0.15, 0.2) is 140 Å². The molecule has 7 heteroatoms. The molecule has 3 aliphatic heterocycles. The summed E-state index contributed by atoms with van der Waals surface area (Å²) in [6.07, 6.45) is 9.55. The van der Waals surface area contributed by atoms with Crippen LogP contribution in [0.5, 0.6) is 17.2 Å². The van der Waals surface area contributed by atoms with Crippen molar-refractivity contribution >= 4 is 21.5 Å². The van der Waals surface area contributed by atoms with Crippen LogP contribution in [0.1, 0.15) is 6.92 Å². The maximum Gasteiger partial charge on any atom is 0.128 e. The van der Waals surface area contributed by atoms with Gasteiger partial charge in [-0.3, -0.25) is 0 Å². The monoisotopic (exact) mass is 656 g/mol. The van der Waals surface area contributed by atoms with Crippen molar-refractivity contribution in [1.82, 2.24) is 0 Å². The molecule has 7 rings (SSSR count). The molecule has 3 aliphatic rings. The first-order valence-corrected chi connectivity index (χ1v) is 16.6. The summed E-state index contributed by atoms with van der Waals surface area (Å²) in [5.41, 5.74) is 3.51. The Labute approximate surface area is 287 Å². The molecule has 0 saturated carbocycles. The first kappa shape index (κ1) is 32.5. The molecule has 0 bridgehead atoms. The summed E-state index contributed by atoms with van der Waals surface area (Å²) in [6, 6.07) is 22.8. The maximum atomic E-state index is 6.46. The molecule has 7 nitrogen and oxygen atoms in total. The van der Waals surface area contributed by atoms with E-state index in [1.807, 2.05) is 49.4 Å². The van der Waals surface area contributed by atoms with E-state index in [0.29, 0.717) is 43.7 Å². The summed E-state index contributed by atoms with van der Waals surface area (Å²) in [7, 11) is 0. The number of hydrogen-bond donors (Lipinski definition) is 0. The molecule has 3 atom stereocenters. The molecule has 4 aromatic rings. The lowest BCUT2D eigenvalue weighted by molar-refractivity contribution is 0.192. The fraction of sp³-hybridized carbons (Fsp3) is 0.238. The Morgan fingerprint density at radius 3 is 2.10 bits per heavy atom. The van der Waals surface area contributed by atoms with Gasteiger partial charge in [-0.15, -0.1) is 0 Å². The van der Waals surface area contributed by atoms with Crippen LogP contribution >= 0.6 is 0 Å². The fourth-order valence-corrected chi connectivity index (χ4v) is 5.41. The Morgan fingerprint density at radius 1 is 0.714 bits per heavy atom. The van der Waals surface area contributed by atoms with Crippen molar-refractivity contribution in [3.8, 4) is 28.4 Å². The molecule has 0 spiro atoms. The number of rotatable bonds is 17. The molecule has 250 valence electrons. The number of benzene rings is 4. The van der Waals surface area contributed by atoms with Gasteiger partial charge in [0.2, 0.25) is 0 Å². The minimum absolute atomic E-state index is 0.119. The van der Waals surface area contributed by atoms with Crippen LogP contribution in [-0.2, 0) is 18.9 Å². The zero-order chi connectivity index (χ0) is 33.7. The van der Waals surface area contributed by atoms with E-state index in [-0.39, 0.29) is 18.3 Å². The second kappa shape index (κ2) is 14.6. The largest absolute Gasteiger partial charge is 0.491 e. The molecular weight excluding hydrogens is 616 g/mol. The third-order valence-corrected chi connectivity index (χ3v) is 8.49. The lowest BCUT2D eigenvalue weighted by Crippen LogP contribution is -2.05. The van der Waals surface area contributed by atoms with Crippen LogP contribution in [0.25, 0.3) is 32.7 Å². The van der Waals surface area contributed by atoms with Gasteiger partial charge >= 0.3 is 0 Å². The van der Waals surface area contributed by atoms with E-state index in [9.17, 15) is 0 Å². The predicted octanol–water partition coefficient (Wildman–Crippen LogP) is 8.65. The maximum absolute atomic E-state index is 6.46. The molecule has 3 saturated heterocycles. The molecule has 4 aromatic carbocycles. The van der Waals surface area contributed by atoms with E-state index in [1.54, 1.807) is 12.2 Å². The Balaban J connectivity index is 1.23. The van der Waals surface area contributed by atoms with Crippen molar-refractivity contribution in [3.63, 3.8) is 0 Å². The summed E-state index contributed by atoms with van der Waals surface area (Å²) in [4.78, 5) is 0. The molecule has 3 heterocycles. The van der Waals surface area contributed by atoms with E-state index in [1.165, 1.54) is 0 Å². The van der Waals surface area contributed by atoms with Crippen LogP contribution in [0.4, 0.5) is 0 Å². The van der Waals surface area contributed by atoms with E-state index in [0.717, 1.165) is 68.5 Å². The van der Waals surface area contributed by atoms with E-state index in [2.05, 4.69) is 62.2 Å². The van der Waals surface area contributed by atoms with Crippen LogP contribution in [0.3, 0.4) is 0 Å². The number of hydrogen-bond acceptors (Lipinski definition) is 7. The molecule has 0 N–H and O–H groups in total. The van der Waals surface area contributed by atoms with Gasteiger partial charge in [-0.05, 0) is 106 Å².